The van der Waals surface area contributed by atoms with Crippen molar-refractivity contribution < 1.29 is 4.42 Å². The zero-order chi connectivity index (χ0) is 5.98. The topological polar surface area (TPSA) is 13.1 Å². The normalized spacial score (nSPS) is 10.4. The van der Waals surface area contributed by atoms with Crippen LogP contribution in [-0.2, 0) is 0 Å². The summed E-state index contributed by atoms with van der Waals surface area (Å²) in [5, 5.41) is 0. The first-order valence-electron chi connectivity index (χ1n) is 2.12. The summed E-state index contributed by atoms with van der Waals surface area (Å²) in [6.07, 6.45) is 1.53. The van der Waals surface area contributed by atoms with Crippen LogP contribution in [0, 0.1) is 0 Å². The van der Waals surface area contributed by atoms with E-state index in [2.05, 4.69) is 0 Å². The summed E-state index contributed by atoms with van der Waals surface area (Å²) in [6, 6.07) is 3.47. The molecule has 8 heavy (non-hydrogen) atoms. The molecule has 0 aliphatic heterocycles. The van der Waals surface area contributed by atoms with E-state index in [1.165, 1.54) is 6.26 Å². The lowest BCUT2D eigenvalue weighted by Crippen LogP contribution is -1.70. The minimum Gasteiger partial charge on any atom is -0.466 e. The highest BCUT2D eigenvalue weighted by atomic mass is 35.5. The largest absolute Gasteiger partial charge is 0.466 e. The van der Waals surface area contributed by atoms with Crippen LogP contribution in [0.25, 0.3) is 0 Å². The van der Waals surface area contributed by atoms with Crippen molar-refractivity contribution in [2.75, 3.05) is 0 Å². The number of rotatable bonds is 1. The summed E-state index contributed by atoms with van der Waals surface area (Å²) >= 11 is 10.8. The molecule has 0 saturated heterocycles. The molecule has 0 aliphatic rings. The highest BCUT2D eigenvalue weighted by Gasteiger charge is 2.03. The fourth-order valence-electron chi connectivity index (χ4n) is 0.415. The molecule has 0 fully saturated rings. The minimum absolute atomic E-state index is 0.537. The SMILES string of the molecule is ClC(Cl)c1ccco1. The maximum Gasteiger partial charge on any atom is 0.165 e. The molecule has 0 amide bonds. The van der Waals surface area contributed by atoms with Gasteiger partial charge in [-0.1, -0.05) is 23.2 Å². The van der Waals surface area contributed by atoms with Gasteiger partial charge in [0.25, 0.3) is 0 Å². The van der Waals surface area contributed by atoms with E-state index >= 15 is 0 Å². The molecule has 0 unspecified atom stereocenters. The molecule has 0 N–H and O–H groups in total. The first kappa shape index (κ1) is 5.99. The molecule has 44 valence electrons. The predicted molar refractivity (Wildman–Crippen MR) is 33.2 cm³/mol. The molecular weight excluding hydrogens is 147 g/mol. The number of halogens is 2. The van der Waals surface area contributed by atoms with Gasteiger partial charge in [0.15, 0.2) is 4.84 Å². The van der Waals surface area contributed by atoms with Gasteiger partial charge < -0.3 is 4.42 Å². The van der Waals surface area contributed by atoms with Crippen LogP contribution in [-0.4, -0.2) is 0 Å². The summed E-state index contributed by atoms with van der Waals surface area (Å²) < 4.78 is 4.83. The van der Waals surface area contributed by atoms with Crippen LogP contribution in [0.2, 0.25) is 0 Å². The van der Waals surface area contributed by atoms with Crippen LogP contribution < -0.4 is 0 Å². The molecule has 1 nitrogen and oxygen atoms in total. The Labute approximate surface area is 57.2 Å². The monoisotopic (exact) mass is 150 g/mol. The standard InChI is InChI=1S/C5H4Cl2O/c6-5(7)4-2-1-3-8-4/h1-3,5H. The Bertz CT molecular complexity index is 145. The van der Waals surface area contributed by atoms with Gasteiger partial charge in [-0.15, -0.1) is 0 Å². The van der Waals surface area contributed by atoms with Crippen molar-refractivity contribution in [3.05, 3.63) is 24.2 Å². The van der Waals surface area contributed by atoms with Crippen molar-refractivity contribution in [2.24, 2.45) is 0 Å². The average molecular weight is 151 g/mol. The van der Waals surface area contributed by atoms with Gasteiger partial charge in [-0.2, -0.15) is 0 Å². The van der Waals surface area contributed by atoms with E-state index < -0.39 is 4.84 Å². The molecule has 0 radical (unpaired) electrons. The molecule has 0 spiro atoms. The maximum absolute atomic E-state index is 5.42. The van der Waals surface area contributed by atoms with Gasteiger partial charge in [0.05, 0.1) is 6.26 Å². The van der Waals surface area contributed by atoms with Gasteiger partial charge in [0.2, 0.25) is 0 Å². The van der Waals surface area contributed by atoms with Crippen molar-refractivity contribution in [1.29, 1.82) is 0 Å². The van der Waals surface area contributed by atoms with Gasteiger partial charge in [-0.25, -0.2) is 0 Å². The number of furan rings is 1. The van der Waals surface area contributed by atoms with E-state index in [-0.39, 0.29) is 0 Å². The Hall–Kier alpha value is -0.140. The van der Waals surface area contributed by atoms with E-state index in [0.29, 0.717) is 5.76 Å². The fraction of sp³-hybridized carbons (Fsp3) is 0.200. The summed E-state index contributed by atoms with van der Waals surface area (Å²) in [5.74, 6) is 0.591. The molecule has 0 bridgehead atoms. The maximum atomic E-state index is 5.42. The van der Waals surface area contributed by atoms with E-state index in [0.717, 1.165) is 0 Å². The Balaban J connectivity index is 2.77. The van der Waals surface area contributed by atoms with Crippen LogP contribution in [0.1, 0.15) is 10.6 Å². The molecule has 0 aromatic carbocycles. The molecule has 0 atom stereocenters. The van der Waals surface area contributed by atoms with Crippen LogP contribution in [0.3, 0.4) is 0 Å². The third kappa shape index (κ3) is 1.17. The molecule has 3 heteroatoms. The molecule has 0 saturated carbocycles. The predicted octanol–water partition coefficient (Wildman–Crippen LogP) is 2.76. The lowest BCUT2D eigenvalue weighted by Gasteiger charge is -1.89. The highest BCUT2D eigenvalue weighted by molar-refractivity contribution is 6.43. The van der Waals surface area contributed by atoms with Crippen molar-refractivity contribution in [2.45, 2.75) is 4.84 Å². The Morgan fingerprint density at radius 1 is 1.50 bits per heavy atom. The van der Waals surface area contributed by atoms with Crippen LogP contribution in [0.15, 0.2) is 22.8 Å². The van der Waals surface area contributed by atoms with E-state index in [1.807, 2.05) is 0 Å². The van der Waals surface area contributed by atoms with Crippen molar-refractivity contribution in [3.8, 4) is 0 Å². The van der Waals surface area contributed by atoms with Crippen molar-refractivity contribution >= 4 is 23.2 Å². The average Bonchev–Trinajstić information content (AvgIpc) is 2.12. The zero-order valence-corrected chi connectivity index (χ0v) is 5.49. The van der Waals surface area contributed by atoms with Gasteiger partial charge in [0, 0.05) is 0 Å². The number of hydrogen-bond donors (Lipinski definition) is 0. The van der Waals surface area contributed by atoms with E-state index in [1.54, 1.807) is 12.1 Å². The van der Waals surface area contributed by atoms with E-state index in [9.17, 15) is 0 Å². The molecule has 1 heterocycles. The molecule has 1 aromatic heterocycles. The van der Waals surface area contributed by atoms with Gasteiger partial charge in [-0.3, -0.25) is 0 Å². The van der Waals surface area contributed by atoms with Gasteiger partial charge in [0.1, 0.15) is 5.76 Å². The molecule has 1 rings (SSSR count). The Kier molecular flexibility index (Phi) is 1.81. The fourth-order valence-corrected chi connectivity index (χ4v) is 0.664. The van der Waals surface area contributed by atoms with Crippen LogP contribution >= 0.6 is 23.2 Å². The number of alkyl halides is 2. The summed E-state index contributed by atoms with van der Waals surface area (Å²) in [4.78, 5) is -0.537. The molecule has 0 aliphatic carbocycles. The summed E-state index contributed by atoms with van der Waals surface area (Å²) in [6.45, 7) is 0. The minimum atomic E-state index is -0.537. The quantitative estimate of drug-likeness (QED) is 0.562. The number of hydrogen-bond acceptors (Lipinski definition) is 1. The van der Waals surface area contributed by atoms with E-state index in [4.69, 9.17) is 27.6 Å². The van der Waals surface area contributed by atoms with Crippen molar-refractivity contribution in [1.82, 2.24) is 0 Å². The highest BCUT2D eigenvalue weighted by Crippen LogP contribution is 2.23. The van der Waals surface area contributed by atoms with Crippen molar-refractivity contribution in [3.63, 3.8) is 0 Å². The molecular formula is C5H4Cl2O. The first-order chi connectivity index (χ1) is 3.80. The third-order valence-electron chi connectivity index (χ3n) is 0.758. The Morgan fingerprint density at radius 2 is 2.25 bits per heavy atom. The first-order valence-corrected chi connectivity index (χ1v) is 2.99. The summed E-state index contributed by atoms with van der Waals surface area (Å²) in [5.41, 5.74) is 0. The Morgan fingerprint density at radius 3 is 2.50 bits per heavy atom. The molecule has 1 aromatic rings. The smallest absolute Gasteiger partial charge is 0.165 e. The van der Waals surface area contributed by atoms with Crippen LogP contribution in [0.5, 0.6) is 0 Å². The summed E-state index contributed by atoms with van der Waals surface area (Å²) in [7, 11) is 0. The lowest BCUT2D eigenvalue weighted by molar-refractivity contribution is 0.526. The lowest BCUT2D eigenvalue weighted by atomic mass is 10.5. The second-order valence-corrected chi connectivity index (χ2v) is 2.41. The third-order valence-corrected chi connectivity index (χ3v) is 1.19. The second kappa shape index (κ2) is 2.42. The van der Waals surface area contributed by atoms with Crippen LogP contribution in [0.4, 0.5) is 0 Å². The van der Waals surface area contributed by atoms with Gasteiger partial charge >= 0.3 is 0 Å². The second-order valence-electron chi connectivity index (χ2n) is 1.32. The van der Waals surface area contributed by atoms with Gasteiger partial charge in [-0.05, 0) is 12.1 Å². The zero-order valence-electron chi connectivity index (χ0n) is 3.97.